The molecule has 9 heteroatoms. The SMILES string of the molecule is CN=C(NCc1cccc(Cn2cccn2)c1)NCc1cccc(C(F)(F)F)c1.I. The maximum atomic E-state index is 12.8. The van der Waals surface area contributed by atoms with Gasteiger partial charge in [0.15, 0.2) is 5.96 Å². The van der Waals surface area contributed by atoms with Crippen LogP contribution < -0.4 is 10.6 Å². The number of hydrogen-bond acceptors (Lipinski definition) is 2. The summed E-state index contributed by atoms with van der Waals surface area (Å²) < 4.78 is 40.3. The minimum Gasteiger partial charge on any atom is -0.352 e. The average Bonchev–Trinajstić information content (AvgIpc) is 3.21. The van der Waals surface area contributed by atoms with Gasteiger partial charge < -0.3 is 10.6 Å². The van der Waals surface area contributed by atoms with Crippen molar-refractivity contribution < 1.29 is 13.2 Å². The highest BCUT2D eigenvalue weighted by atomic mass is 127. The number of nitrogens with zero attached hydrogens (tertiary/aromatic N) is 3. The topological polar surface area (TPSA) is 54.2 Å². The third-order valence-electron chi connectivity index (χ3n) is 4.29. The van der Waals surface area contributed by atoms with Crippen molar-refractivity contribution in [1.82, 2.24) is 20.4 Å². The average molecular weight is 529 g/mol. The van der Waals surface area contributed by atoms with Gasteiger partial charge in [0.05, 0.1) is 12.1 Å². The Labute approximate surface area is 190 Å². The smallest absolute Gasteiger partial charge is 0.352 e. The van der Waals surface area contributed by atoms with E-state index in [1.807, 2.05) is 35.1 Å². The molecule has 0 bridgehead atoms. The van der Waals surface area contributed by atoms with Gasteiger partial charge in [0, 0.05) is 32.5 Å². The first-order valence-corrected chi connectivity index (χ1v) is 9.10. The van der Waals surface area contributed by atoms with E-state index in [9.17, 15) is 13.2 Å². The zero-order valence-electron chi connectivity index (χ0n) is 16.4. The van der Waals surface area contributed by atoms with Crippen molar-refractivity contribution in [3.8, 4) is 0 Å². The highest BCUT2D eigenvalue weighted by Crippen LogP contribution is 2.29. The molecule has 0 unspecified atom stereocenters. The molecule has 0 radical (unpaired) electrons. The molecular weight excluding hydrogens is 506 g/mol. The Morgan fingerprint density at radius 2 is 1.60 bits per heavy atom. The number of aliphatic imine (C=N–C) groups is 1. The fourth-order valence-electron chi connectivity index (χ4n) is 2.87. The first kappa shape index (κ1) is 23.7. The van der Waals surface area contributed by atoms with Gasteiger partial charge in [-0.3, -0.25) is 9.67 Å². The van der Waals surface area contributed by atoms with E-state index in [1.165, 1.54) is 6.07 Å². The molecule has 1 aromatic heterocycles. The van der Waals surface area contributed by atoms with Crippen LogP contribution in [0.15, 0.2) is 72.0 Å². The lowest BCUT2D eigenvalue weighted by Crippen LogP contribution is -2.36. The van der Waals surface area contributed by atoms with Crippen LogP contribution >= 0.6 is 24.0 Å². The number of benzene rings is 2. The molecule has 3 aromatic rings. The van der Waals surface area contributed by atoms with Gasteiger partial charge in [-0.1, -0.05) is 36.4 Å². The van der Waals surface area contributed by atoms with Crippen LogP contribution in [0.4, 0.5) is 13.2 Å². The molecule has 1 heterocycles. The Morgan fingerprint density at radius 3 is 2.20 bits per heavy atom. The van der Waals surface area contributed by atoms with Crippen molar-refractivity contribution >= 4 is 29.9 Å². The van der Waals surface area contributed by atoms with E-state index in [2.05, 4.69) is 26.8 Å². The third-order valence-corrected chi connectivity index (χ3v) is 4.29. The number of alkyl halides is 3. The van der Waals surface area contributed by atoms with Gasteiger partial charge in [-0.25, -0.2) is 0 Å². The number of halogens is 4. The second-order valence-electron chi connectivity index (χ2n) is 6.50. The molecule has 0 spiro atoms. The maximum absolute atomic E-state index is 12.8. The summed E-state index contributed by atoms with van der Waals surface area (Å²) >= 11 is 0. The van der Waals surface area contributed by atoms with E-state index in [4.69, 9.17) is 0 Å². The third kappa shape index (κ3) is 7.05. The van der Waals surface area contributed by atoms with E-state index >= 15 is 0 Å². The second-order valence-corrected chi connectivity index (χ2v) is 6.50. The number of aromatic nitrogens is 2. The molecule has 0 aliphatic carbocycles. The van der Waals surface area contributed by atoms with Crippen LogP contribution in [0.1, 0.15) is 22.3 Å². The summed E-state index contributed by atoms with van der Waals surface area (Å²) in [4.78, 5) is 4.13. The lowest BCUT2D eigenvalue weighted by molar-refractivity contribution is -0.137. The molecule has 160 valence electrons. The van der Waals surface area contributed by atoms with Gasteiger partial charge in [0.25, 0.3) is 0 Å². The number of rotatable bonds is 6. The highest BCUT2D eigenvalue weighted by Gasteiger charge is 2.30. The number of hydrogen-bond donors (Lipinski definition) is 2. The summed E-state index contributed by atoms with van der Waals surface area (Å²) in [6, 6.07) is 15.2. The Morgan fingerprint density at radius 1 is 0.967 bits per heavy atom. The predicted octanol–water partition coefficient (Wildman–Crippen LogP) is 4.43. The molecule has 3 rings (SSSR count). The molecule has 0 saturated heterocycles. The van der Waals surface area contributed by atoms with Gasteiger partial charge in [-0.05, 0) is 34.9 Å². The van der Waals surface area contributed by atoms with Crippen molar-refractivity contribution in [3.63, 3.8) is 0 Å². The Kier molecular flexibility index (Phi) is 8.70. The summed E-state index contributed by atoms with van der Waals surface area (Å²) in [6.45, 7) is 1.46. The fourth-order valence-corrected chi connectivity index (χ4v) is 2.87. The van der Waals surface area contributed by atoms with E-state index in [0.29, 0.717) is 24.6 Å². The zero-order valence-corrected chi connectivity index (χ0v) is 18.7. The largest absolute Gasteiger partial charge is 0.416 e. The summed E-state index contributed by atoms with van der Waals surface area (Å²) in [6.07, 6.45) is -0.701. The van der Waals surface area contributed by atoms with E-state index in [-0.39, 0.29) is 30.5 Å². The van der Waals surface area contributed by atoms with Crippen LogP contribution in [0.5, 0.6) is 0 Å². The van der Waals surface area contributed by atoms with E-state index in [0.717, 1.165) is 23.3 Å². The number of nitrogens with one attached hydrogen (secondary N) is 2. The number of guanidine groups is 1. The Bertz CT molecular complexity index is 955. The molecule has 2 aromatic carbocycles. The minimum atomic E-state index is -4.35. The van der Waals surface area contributed by atoms with Crippen molar-refractivity contribution in [3.05, 3.63) is 89.2 Å². The van der Waals surface area contributed by atoms with E-state index in [1.54, 1.807) is 19.3 Å². The van der Waals surface area contributed by atoms with Gasteiger partial charge in [-0.2, -0.15) is 18.3 Å². The monoisotopic (exact) mass is 529 g/mol. The normalized spacial score (nSPS) is 11.7. The van der Waals surface area contributed by atoms with Crippen molar-refractivity contribution in [1.29, 1.82) is 0 Å². The van der Waals surface area contributed by atoms with Gasteiger partial charge in [0.1, 0.15) is 0 Å². The molecule has 0 aliphatic heterocycles. The van der Waals surface area contributed by atoms with Crippen LogP contribution in [0.3, 0.4) is 0 Å². The standard InChI is InChI=1S/C21H22F3N5.HI/c1-25-20(27-14-17-6-3-8-19(12-17)21(22,23)24)26-13-16-5-2-7-18(11-16)15-29-10-4-9-28-29;/h2-12H,13-15H2,1H3,(H2,25,26,27);1H. The van der Waals surface area contributed by atoms with E-state index < -0.39 is 11.7 Å². The Balaban J connectivity index is 0.00000320. The molecule has 0 amide bonds. The van der Waals surface area contributed by atoms with Crippen LogP contribution in [-0.4, -0.2) is 22.8 Å². The summed E-state index contributed by atoms with van der Waals surface area (Å²) in [7, 11) is 1.62. The molecule has 0 atom stereocenters. The van der Waals surface area contributed by atoms with Crippen molar-refractivity contribution in [2.24, 2.45) is 4.99 Å². The quantitative estimate of drug-likeness (QED) is 0.282. The molecule has 0 aliphatic rings. The zero-order chi connectivity index (χ0) is 20.7. The lowest BCUT2D eigenvalue weighted by Gasteiger charge is -2.14. The first-order valence-electron chi connectivity index (χ1n) is 9.10. The van der Waals surface area contributed by atoms with Crippen molar-refractivity contribution in [2.45, 2.75) is 25.8 Å². The van der Waals surface area contributed by atoms with Crippen LogP contribution in [0.25, 0.3) is 0 Å². The molecule has 5 nitrogen and oxygen atoms in total. The Hall–Kier alpha value is -2.56. The van der Waals surface area contributed by atoms with Crippen LogP contribution in [0, 0.1) is 0 Å². The van der Waals surface area contributed by atoms with Crippen LogP contribution in [-0.2, 0) is 25.8 Å². The molecule has 0 saturated carbocycles. The summed E-state index contributed by atoms with van der Waals surface area (Å²) in [5.41, 5.74) is 2.06. The predicted molar refractivity (Wildman–Crippen MR) is 122 cm³/mol. The minimum absolute atomic E-state index is 0. The lowest BCUT2D eigenvalue weighted by atomic mass is 10.1. The van der Waals surface area contributed by atoms with Gasteiger partial charge in [0.2, 0.25) is 0 Å². The van der Waals surface area contributed by atoms with Crippen LogP contribution in [0.2, 0.25) is 0 Å². The molecule has 2 N–H and O–H groups in total. The van der Waals surface area contributed by atoms with Crippen molar-refractivity contribution in [2.75, 3.05) is 7.05 Å². The first-order chi connectivity index (χ1) is 13.9. The van der Waals surface area contributed by atoms with Gasteiger partial charge >= 0.3 is 6.18 Å². The van der Waals surface area contributed by atoms with Gasteiger partial charge in [-0.15, -0.1) is 24.0 Å². The highest BCUT2D eigenvalue weighted by molar-refractivity contribution is 14.0. The fraction of sp³-hybridized carbons (Fsp3) is 0.238. The summed E-state index contributed by atoms with van der Waals surface area (Å²) in [5.74, 6) is 0.514. The molecule has 30 heavy (non-hydrogen) atoms. The second kappa shape index (κ2) is 11.0. The maximum Gasteiger partial charge on any atom is 0.416 e. The summed E-state index contributed by atoms with van der Waals surface area (Å²) in [5, 5.41) is 10.4. The molecule has 0 fully saturated rings. The molecular formula is C21H23F3IN5.